The van der Waals surface area contributed by atoms with E-state index in [-0.39, 0.29) is 17.8 Å². The molecule has 3 nitrogen and oxygen atoms in total. The Balaban J connectivity index is 0.00000112. The minimum Gasteiger partial charge on any atom is -0.385 e. The van der Waals surface area contributed by atoms with Crippen LogP contribution in [-0.2, 0) is 5.41 Å². The molecule has 1 aromatic carbocycles. The Kier molecular flexibility index (Phi) is 3.58. The number of hydrazone groups is 1. The molecule has 15 heavy (non-hydrogen) atoms. The molecule has 4 heteroatoms. The molecule has 0 heterocycles. The lowest BCUT2D eigenvalue weighted by molar-refractivity contribution is 0.337. The molecule has 1 aliphatic carbocycles. The molecule has 0 unspecified atom stereocenters. The van der Waals surface area contributed by atoms with Gasteiger partial charge in [-0.1, -0.05) is 36.8 Å². The molecule has 0 spiro atoms. The highest BCUT2D eigenvalue weighted by atomic mass is 35.5. The Hall–Kier alpha value is -1.22. The molecule has 0 radical (unpaired) electrons. The maximum Gasteiger partial charge on any atom is 0.130 e. The summed E-state index contributed by atoms with van der Waals surface area (Å²) in [5, 5.41) is 3.65. The molecule has 1 aliphatic rings. The van der Waals surface area contributed by atoms with Crippen molar-refractivity contribution in [2.24, 2.45) is 16.7 Å². The van der Waals surface area contributed by atoms with Crippen LogP contribution < -0.4 is 11.6 Å². The summed E-state index contributed by atoms with van der Waals surface area (Å²) in [6, 6.07) is 10.2. The summed E-state index contributed by atoms with van der Waals surface area (Å²) < 4.78 is 0. The summed E-state index contributed by atoms with van der Waals surface area (Å²) in [5.41, 5.74) is 7.03. The third kappa shape index (κ3) is 1.79. The lowest BCUT2D eigenvalue weighted by Crippen LogP contribution is -2.47. The molecule has 1 aromatic rings. The molecule has 4 N–H and O–H groups in total. The summed E-state index contributed by atoms with van der Waals surface area (Å²) in [6.45, 7) is 0. The molecule has 0 atom stereocenters. The van der Waals surface area contributed by atoms with Crippen LogP contribution in [0.1, 0.15) is 24.8 Å². The Labute approximate surface area is 95.9 Å². The third-order valence-electron chi connectivity index (χ3n) is 3.16. The molecule has 0 aromatic heterocycles. The van der Waals surface area contributed by atoms with Crippen LogP contribution in [0, 0.1) is 0 Å². The van der Waals surface area contributed by atoms with Gasteiger partial charge >= 0.3 is 0 Å². The third-order valence-corrected chi connectivity index (χ3v) is 3.16. The zero-order valence-electron chi connectivity index (χ0n) is 8.52. The molecule has 0 aliphatic heterocycles. The van der Waals surface area contributed by atoms with Crippen LogP contribution in [0.2, 0.25) is 0 Å². The highest BCUT2D eigenvalue weighted by molar-refractivity contribution is 5.92. The number of halogens is 1. The quantitative estimate of drug-likeness (QED) is 0.349. The van der Waals surface area contributed by atoms with E-state index < -0.39 is 0 Å². The van der Waals surface area contributed by atoms with Gasteiger partial charge in [0.25, 0.3) is 0 Å². The van der Waals surface area contributed by atoms with Crippen LogP contribution in [0.25, 0.3) is 0 Å². The number of nitrogens with two attached hydrogens (primary N) is 2. The van der Waals surface area contributed by atoms with Crippen molar-refractivity contribution >= 4 is 18.2 Å². The van der Waals surface area contributed by atoms with Crippen LogP contribution in [-0.4, -0.2) is 5.84 Å². The molecule has 0 saturated heterocycles. The maximum atomic E-state index is 5.87. The van der Waals surface area contributed by atoms with Gasteiger partial charge in [0.05, 0.1) is 5.41 Å². The first-order valence-electron chi connectivity index (χ1n) is 4.89. The summed E-state index contributed by atoms with van der Waals surface area (Å²) in [6.07, 6.45) is 3.32. The number of hydrogen-bond acceptors (Lipinski definition) is 2. The topological polar surface area (TPSA) is 64.4 Å². The molecule has 82 valence electrons. The van der Waals surface area contributed by atoms with E-state index in [2.05, 4.69) is 17.2 Å². The van der Waals surface area contributed by atoms with Crippen LogP contribution in [0.4, 0.5) is 0 Å². The summed E-state index contributed by atoms with van der Waals surface area (Å²) >= 11 is 0. The van der Waals surface area contributed by atoms with Crippen molar-refractivity contribution in [3.8, 4) is 0 Å². The normalized spacial score (nSPS) is 18.8. The van der Waals surface area contributed by atoms with Gasteiger partial charge in [-0.2, -0.15) is 5.10 Å². The molecular weight excluding hydrogens is 210 g/mol. The highest BCUT2D eigenvalue weighted by Gasteiger charge is 2.42. The van der Waals surface area contributed by atoms with E-state index in [1.165, 1.54) is 12.0 Å². The van der Waals surface area contributed by atoms with Gasteiger partial charge < -0.3 is 11.6 Å². The number of nitrogens with zero attached hydrogens (tertiary/aromatic N) is 1. The molecule has 0 amide bonds. The molecule has 0 bridgehead atoms. The monoisotopic (exact) mass is 225 g/mol. The van der Waals surface area contributed by atoms with E-state index >= 15 is 0 Å². The Morgan fingerprint density at radius 1 is 1.20 bits per heavy atom. The first-order chi connectivity index (χ1) is 6.79. The van der Waals surface area contributed by atoms with Crippen molar-refractivity contribution in [3.63, 3.8) is 0 Å². The van der Waals surface area contributed by atoms with Crippen molar-refractivity contribution in [2.45, 2.75) is 24.7 Å². The summed E-state index contributed by atoms with van der Waals surface area (Å²) in [7, 11) is 0. The average Bonchev–Trinajstić information content (AvgIpc) is 2.17. The molecule has 1 saturated carbocycles. The lowest BCUT2D eigenvalue weighted by atomic mass is 9.63. The molecule has 1 fully saturated rings. The van der Waals surface area contributed by atoms with Crippen LogP contribution in [0.15, 0.2) is 35.4 Å². The van der Waals surface area contributed by atoms with E-state index in [0.717, 1.165) is 12.8 Å². The Morgan fingerprint density at radius 2 is 1.80 bits per heavy atom. The Bertz CT molecular complexity index is 344. The number of rotatable bonds is 2. The van der Waals surface area contributed by atoms with Gasteiger partial charge in [0.15, 0.2) is 0 Å². The minimum absolute atomic E-state index is 0. The summed E-state index contributed by atoms with van der Waals surface area (Å²) in [4.78, 5) is 0. The second-order valence-corrected chi connectivity index (χ2v) is 3.82. The second kappa shape index (κ2) is 4.53. The first-order valence-corrected chi connectivity index (χ1v) is 4.89. The largest absolute Gasteiger partial charge is 0.385 e. The number of amidine groups is 1. The van der Waals surface area contributed by atoms with E-state index in [1.54, 1.807) is 0 Å². The highest BCUT2D eigenvalue weighted by Crippen LogP contribution is 2.43. The molecular formula is C11H16ClN3. The van der Waals surface area contributed by atoms with Gasteiger partial charge in [0.2, 0.25) is 0 Å². The smallest absolute Gasteiger partial charge is 0.130 e. The van der Waals surface area contributed by atoms with Crippen molar-refractivity contribution < 1.29 is 0 Å². The average molecular weight is 226 g/mol. The predicted molar refractivity (Wildman–Crippen MR) is 65.0 cm³/mol. The van der Waals surface area contributed by atoms with Gasteiger partial charge in [0, 0.05) is 0 Å². The van der Waals surface area contributed by atoms with Gasteiger partial charge in [-0.3, -0.25) is 0 Å². The van der Waals surface area contributed by atoms with Crippen molar-refractivity contribution in [1.82, 2.24) is 0 Å². The fraction of sp³-hybridized carbons (Fsp3) is 0.364. The molecule has 2 rings (SSSR count). The lowest BCUT2D eigenvalue weighted by Gasteiger charge is -2.41. The Morgan fingerprint density at radius 3 is 2.20 bits per heavy atom. The van der Waals surface area contributed by atoms with Crippen molar-refractivity contribution in [1.29, 1.82) is 0 Å². The minimum atomic E-state index is -0.0734. The van der Waals surface area contributed by atoms with Gasteiger partial charge in [0.1, 0.15) is 5.84 Å². The fourth-order valence-electron chi connectivity index (χ4n) is 2.10. The van der Waals surface area contributed by atoms with Crippen LogP contribution >= 0.6 is 12.4 Å². The maximum absolute atomic E-state index is 5.87. The fourth-order valence-corrected chi connectivity index (χ4v) is 2.10. The van der Waals surface area contributed by atoms with E-state index in [1.807, 2.05) is 18.2 Å². The van der Waals surface area contributed by atoms with Crippen molar-refractivity contribution in [2.75, 3.05) is 0 Å². The SMILES string of the molecule is Cl.N/N=C(\N)C1(c2ccccc2)CCC1. The van der Waals surface area contributed by atoms with Crippen LogP contribution in [0.5, 0.6) is 0 Å². The van der Waals surface area contributed by atoms with Gasteiger partial charge in [-0.25, -0.2) is 0 Å². The van der Waals surface area contributed by atoms with Gasteiger partial charge in [-0.15, -0.1) is 12.4 Å². The van der Waals surface area contributed by atoms with E-state index in [9.17, 15) is 0 Å². The van der Waals surface area contributed by atoms with Gasteiger partial charge in [-0.05, 0) is 18.4 Å². The second-order valence-electron chi connectivity index (χ2n) is 3.82. The van der Waals surface area contributed by atoms with E-state index in [4.69, 9.17) is 11.6 Å². The number of benzene rings is 1. The standard InChI is InChI=1S/C11H15N3.ClH/c12-10(14-13)11(7-4-8-11)9-5-2-1-3-6-9;/h1-3,5-6H,4,7-8,13H2,(H2,12,14);1H. The van der Waals surface area contributed by atoms with E-state index in [0.29, 0.717) is 5.84 Å². The first kappa shape index (κ1) is 11.9. The van der Waals surface area contributed by atoms with Crippen molar-refractivity contribution in [3.05, 3.63) is 35.9 Å². The van der Waals surface area contributed by atoms with Crippen LogP contribution in [0.3, 0.4) is 0 Å². The summed E-state index contributed by atoms with van der Waals surface area (Å²) in [5.74, 6) is 5.83. The number of hydrogen-bond donors (Lipinski definition) is 2. The predicted octanol–water partition coefficient (Wildman–Crippen LogP) is 1.76. The zero-order chi connectivity index (χ0) is 10.0. The zero-order valence-corrected chi connectivity index (χ0v) is 9.33.